The second-order valence-electron chi connectivity index (χ2n) is 4.34. The van der Waals surface area contributed by atoms with Crippen LogP contribution in [0.3, 0.4) is 0 Å². The van der Waals surface area contributed by atoms with Gasteiger partial charge in [0.05, 0.1) is 0 Å². The summed E-state index contributed by atoms with van der Waals surface area (Å²) < 4.78 is 25.5. The number of rotatable bonds is 6. The van der Waals surface area contributed by atoms with Crippen molar-refractivity contribution < 1.29 is 38.4 Å². The zero-order valence-electron chi connectivity index (χ0n) is 11.9. The minimum Gasteiger partial charge on any atom is -0.462 e. The number of methoxy groups -OCH3 is 2. The fraction of sp³-hybridized carbons (Fsp3) is 0.833. The molecule has 0 aliphatic carbocycles. The van der Waals surface area contributed by atoms with E-state index in [2.05, 4.69) is 0 Å². The van der Waals surface area contributed by atoms with Crippen LogP contribution in [0.15, 0.2) is 0 Å². The number of ether oxygens (including phenoxy) is 5. The Labute approximate surface area is 116 Å². The van der Waals surface area contributed by atoms with Gasteiger partial charge in [-0.1, -0.05) is 0 Å². The third-order valence-corrected chi connectivity index (χ3v) is 2.90. The van der Waals surface area contributed by atoms with Gasteiger partial charge in [-0.05, 0) is 0 Å². The highest BCUT2D eigenvalue weighted by Crippen LogP contribution is 2.28. The van der Waals surface area contributed by atoms with E-state index in [0.29, 0.717) is 0 Å². The first kappa shape index (κ1) is 16.8. The van der Waals surface area contributed by atoms with Gasteiger partial charge in [0.2, 0.25) is 0 Å². The van der Waals surface area contributed by atoms with Gasteiger partial charge in [-0.2, -0.15) is 0 Å². The highest BCUT2D eigenvalue weighted by Gasteiger charge is 2.49. The molecule has 1 saturated heterocycles. The lowest BCUT2D eigenvalue weighted by Gasteiger charge is -2.26. The van der Waals surface area contributed by atoms with Gasteiger partial charge in [0.1, 0.15) is 24.9 Å². The summed E-state index contributed by atoms with van der Waals surface area (Å²) in [6.45, 7) is 2.27. The highest BCUT2D eigenvalue weighted by molar-refractivity contribution is 5.67. The molecule has 20 heavy (non-hydrogen) atoms. The average molecular weight is 292 g/mol. The summed E-state index contributed by atoms with van der Waals surface area (Å²) in [4.78, 5) is 22.0. The van der Waals surface area contributed by atoms with Crippen molar-refractivity contribution in [2.75, 3.05) is 20.8 Å². The zero-order chi connectivity index (χ0) is 15.3. The van der Waals surface area contributed by atoms with Crippen LogP contribution in [-0.2, 0) is 33.3 Å². The van der Waals surface area contributed by atoms with E-state index in [1.54, 1.807) is 0 Å². The van der Waals surface area contributed by atoms with Crippen LogP contribution in [-0.4, -0.2) is 68.6 Å². The van der Waals surface area contributed by atoms with Gasteiger partial charge in [-0.15, -0.1) is 0 Å². The molecule has 1 rings (SSSR count). The zero-order valence-corrected chi connectivity index (χ0v) is 11.9. The van der Waals surface area contributed by atoms with Crippen molar-refractivity contribution in [3.05, 3.63) is 0 Å². The minimum absolute atomic E-state index is 0.192. The van der Waals surface area contributed by atoms with Crippen molar-refractivity contribution in [2.45, 2.75) is 44.6 Å². The number of carbonyl (C=O) groups excluding carboxylic acids is 2. The molecule has 1 heterocycles. The molecule has 8 nitrogen and oxygen atoms in total. The van der Waals surface area contributed by atoms with Gasteiger partial charge in [0, 0.05) is 28.1 Å². The van der Waals surface area contributed by atoms with Crippen LogP contribution >= 0.6 is 0 Å². The smallest absolute Gasteiger partial charge is 0.303 e. The number of aliphatic hydroxyl groups excluding tert-OH is 1. The fourth-order valence-electron chi connectivity index (χ4n) is 2.09. The monoisotopic (exact) mass is 292 g/mol. The molecule has 0 amide bonds. The van der Waals surface area contributed by atoms with Crippen LogP contribution in [0.5, 0.6) is 0 Å². The Morgan fingerprint density at radius 3 is 2.20 bits per heavy atom. The van der Waals surface area contributed by atoms with Crippen molar-refractivity contribution in [3.8, 4) is 0 Å². The van der Waals surface area contributed by atoms with Gasteiger partial charge in [-0.25, -0.2) is 0 Å². The van der Waals surface area contributed by atoms with E-state index in [4.69, 9.17) is 23.7 Å². The van der Waals surface area contributed by atoms with Crippen molar-refractivity contribution in [1.29, 1.82) is 0 Å². The maximum atomic E-state index is 11.1. The highest BCUT2D eigenvalue weighted by atomic mass is 16.7. The Hall–Kier alpha value is -1.22. The number of hydrogen-bond acceptors (Lipinski definition) is 8. The first-order valence-corrected chi connectivity index (χ1v) is 6.10. The van der Waals surface area contributed by atoms with Crippen molar-refractivity contribution in [3.63, 3.8) is 0 Å². The first-order chi connectivity index (χ1) is 9.40. The molecule has 0 aromatic rings. The number of carbonyl (C=O) groups is 2. The lowest BCUT2D eigenvalue weighted by atomic mass is 10.1. The summed E-state index contributed by atoms with van der Waals surface area (Å²) in [6, 6.07) is 0. The summed E-state index contributed by atoms with van der Waals surface area (Å²) in [5.41, 5.74) is 0. The van der Waals surface area contributed by atoms with Gasteiger partial charge in [0.25, 0.3) is 0 Å². The van der Waals surface area contributed by atoms with Gasteiger partial charge in [-0.3, -0.25) is 9.59 Å². The van der Waals surface area contributed by atoms with Crippen molar-refractivity contribution in [2.24, 2.45) is 0 Å². The van der Waals surface area contributed by atoms with E-state index in [-0.39, 0.29) is 6.61 Å². The van der Waals surface area contributed by atoms with Gasteiger partial charge >= 0.3 is 11.9 Å². The third kappa shape index (κ3) is 4.14. The predicted molar refractivity (Wildman–Crippen MR) is 64.7 cm³/mol. The second-order valence-corrected chi connectivity index (χ2v) is 4.34. The molecular formula is C12H20O8. The summed E-state index contributed by atoms with van der Waals surface area (Å²) in [5, 5.41) is 9.75. The Balaban J connectivity index is 2.82. The standard InChI is InChI=1S/C12H20O8/c1-6(13)18-5-8(19-7(2)14)9-10(16-3)11(17-4)12(15)20-9/h8-12,15H,5H2,1-4H3/t8-,9-,10+,11+,12+/m1/s1. The average Bonchev–Trinajstić information content (AvgIpc) is 2.69. The Morgan fingerprint density at radius 1 is 1.15 bits per heavy atom. The van der Waals surface area contributed by atoms with E-state index >= 15 is 0 Å². The Morgan fingerprint density at radius 2 is 1.75 bits per heavy atom. The number of esters is 2. The summed E-state index contributed by atoms with van der Waals surface area (Å²) >= 11 is 0. The Bertz CT molecular complexity index is 344. The van der Waals surface area contributed by atoms with Crippen molar-refractivity contribution in [1.82, 2.24) is 0 Å². The molecule has 0 bridgehead atoms. The lowest BCUT2D eigenvalue weighted by molar-refractivity contribution is -0.182. The van der Waals surface area contributed by atoms with E-state index in [1.807, 2.05) is 0 Å². The molecule has 0 spiro atoms. The van der Waals surface area contributed by atoms with E-state index in [9.17, 15) is 14.7 Å². The van der Waals surface area contributed by atoms with Crippen LogP contribution in [0.4, 0.5) is 0 Å². The number of hydrogen-bond donors (Lipinski definition) is 1. The molecule has 0 aromatic heterocycles. The maximum Gasteiger partial charge on any atom is 0.303 e. The van der Waals surface area contributed by atoms with E-state index < -0.39 is 42.6 Å². The third-order valence-electron chi connectivity index (χ3n) is 2.90. The van der Waals surface area contributed by atoms with Crippen LogP contribution in [0, 0.1) is 0 Å². The number of aliphatic hydroxyl groups is 1. The molecule has 0 unspecified atom stereocenters. The van der Waals surface area contributed by atoms with Gasteiger partial charge < -0.3 is 28.8 Å². The van der Waals surface area contributed by atoms with Crippen molar-refractivity contribution >= 4 is 11.9 Å². The maximum absolute atomic E-state index is 11.1. The molecule has 0 saturated carbocycles. The molecule has 1 N–H and O–H groups in total. The normalized spacial score (nSPS) is 30.9. The minimum atomic E-state index is -1.22. The first-order valence-electron chi connectivity index (χ1n) is 6.10. The molecule has 116 valence electrons. The van der Waals surface area contributed by atoms with Crippen LogP contribution in [0.1, 0.15) is 13.8 Å². The lowest BCUT2D eigenvalue weighted by Crippen LogP contribution is -2.45. The van der Waals surface area contributed by atoms with Gasteiger partial charge in [0.15, 0.2) is 12.4 Å². The van der Waals surface area contributed by atoms with Crippen LogP contribution < -0.4 is 0 Å². The molecule has 1 fully saturated rings. The summed E-state index contributed by atoms with van der Waals surface area (Å²) in [6.07, 6.45) is -4.29. The summed E-state index contributed by atoms with van der Waals surface area (Å²) in [5.74, 6) is -1.08. The molecule has 0 radical (unpaired) electrons. The molecular weight excluding hydrogens is 272 g/mol. The molecule has 5 atom stereocenters. The van der Waals surface area contributed by atoms with Crippen LogP contribution in [0.25, 0.3) is 0 Å². The second kappa shape index (κ2) is 7.53. The predicted octanol–water partition coefficient (Wildman–Crippen LogP) is -0.772. The molecule has 1 aliphatic rings. The topological polar surface area (TPSA) is 101 Å². The van der Waals surface area contributed by atoms with Crippen LogP contribution in [0.2, 0.25) is 0 Å². The largest absolute Gasteiger partial charge is 0.462 e. The van der Waals surface area contributed by atoms with E-state index in [0.717, 1.165) is 0 Å². The summed E-state index contributed by atoms with van der Waals surface area (Å²) in [7, 11) is 2.82. The fourth-order valence-corrected chi connectivity index (χ4v) is 2.09. The molecule has 1 aliphatic heterocycles. The Kier molecular flexibility index (Phi) is 6.34. The quantitative estimate of drug-likeness (QED) is 0.637. The molecule has 8 heteroatoms. The molecule has 0 aromatic carbocycles. The van der Waals surface area contributed by atoms with E-state index in [1.165, 1.54) is 28.1 Å². The SMILES string of the molecule is CO[C@@H]1[C@H](OC)[C@@H](O)O[C@@H]1[C@@H](COC(C)=O)OC(C)=O.